The van der Waals surface area contributed by atoms with Crippen molar-refractivity contribution < 1.29 is 4.39 Å². The molecular formula is C13H10FN3S. The molecule has 0 atom stereocenters. The van der Waals surface area contributed by atoms with Crippen LogP contribution in [0.5, 0.6) is 0 Å². The molecule has 1 aromatic heterocycles. The minimum Gasteiger partial charge on any atom is -0.206 e. The van der Waals surface area contributed by atoms with E-state index in [0.29, 0.717) is 21.2 Å². The van der Waals surface area contributed by atoms with Crippen LogP contribution in [0, 0.1) is 31.0 Å². The van der Waals surface area contributed by atoms with Crippen LogP contribution < -0.4 is 0 Å². The van der Waals surface area contributed by atoms with Gasteiger partial charge in [0.2, 0.25) is 0 Å². The average molecular weight is 259 g/mol. The summed E-state index contributed by atoms with van der Waals surface area (Å²) in [5, 5.41) is 17.5. The first-order valence-corrected chi connectivity index (χ1v) is 6.11. The molecule has 0 spiro atoms. The Morgan fingerprint density at radius 1 is 1.22 bits per heavy atom. The molecule has 2 rings (SSSR count). The number of nitriles is 1. The van der Waals surface area contributed by atoms with Crippen molar-refractivity contribution in [3.05, 3.63) is 46.9 Å². The zero-order valence-corrected chi connectivity index (χ0v) is 10.8. The molecule has 90 valence electrons. The summed E-state index contributed by atoms with van der Waals surface area (Å²) in [6.07, 6.45) is 0. The molecule has 0 bridgehead atoms. The van der Waals surface area contributed by atoms with Gasteiger partial charge < -0.3 is 0 Å². The summed E-state index contributed by atoms with van der Waals surface area (Å²) in [5.41, 5.74) is 1.95. The van der Waals surface area contributed by atoms with Gasteiger partial charge in [-0.1, -0.05) is 23.9 Å². The maximum absolute atomic E-state index is 13.5. The van der Waals surface area contributed by atoms with Crippen molar-refractivity contribution in [3.8, 4) is 6.07 Å². The molecule has 0 saturated heterocycles. The standard InChI is InChI=1S/C13H10FN3S/c1-8-9(2)16-17-13(10(8)7-15)18-12-6-4-3-5-11(12)14/h3-6H,1-2H3. The Morgan fingerprint density at radius 3 is 2.61 bits per heavy atom. The van der Waals surface area contributed by atoms with Crippen molar-refractivity contribution in [2.75, 3.05) is 0 Å². The van der Waals surface area contributed by atoms with E-state index in [0.717, 1.165) is 17.3 Å². The number of halogens is 1. The van der Waals surface area contributed by atoms with E-state index < -0.39 is 0 Å². The number of nitrogens with zero attached hydrogens (tertiary/aromatic N) is 3. The minimum absolute atomic E-state index is 0.327. The molecule has 0 saturated carbocycles. The fourth-order valence-corrected chi connectivity index (χ4v) is 2.32. The number of rotatable bonds is 2. The van der Waals surface area contributed by atoms with Crippen LogP contribution in [-0.4, -0.2) is 10.2 Å². The van der Waals surface area contributed by atoms with Crippen LogP contribution in [0.25, 0.3) is 0 Å². The van der Waals surface area contributed by atoms with Gasteiger partial charge in [0.1, 0.15) is 16.9 Å². The second-order valence-corrected chi connectivity index (χ2v) is 4.77. The molecule has 1 aromatic carbocycles. The average Bonchev–Trinajstić information content (AvgIpc) is 2.37. The second-order valence-electron chi connectivity index (χ2n) is 3.73. The lowest BCUT2D eigenvalue weighted by Crippen LogP contribution is -1.99. The zero-order valence-electron chi connectivity index (χ0n) is 9.94. The molecule has 5 heteroatoms. The molecule has 0 fully saturated rings. The van der Waals surface area contributed by atoms with Gasteiger partial charge in [-0.3, -0.25) is 0 Å². The van der Waals surface area contributed by atoms with Crippen LogP contribution in [0.15, 0.2) is 34.2 Å². The molecule has 0 aliphatic rings. The third-order valence-corrected chi connectivity index (χ3v) is 3.61. The highest BCUT2D eigenvalue weighted by molar-refractivity contribution is 7.99. The SMILES string of the molecule is Cc1nnc(Sc2ccccc2F)c(C#N)c1C. The lowest BCUT2D eigenvalue weighted by atomic mass is 10.1. The zero-order chi connectivity index (χ0) is 13.1. The number of hydrogen-bond acceptors (Lipinski definition) is 4. The van der Waals surface area contributed by atoms with Crippen molar-refractivity contribution >= 4 is 11.8 Å². The molecule has 18 heavy (non-hydrogen) atoms. The van der Waals surface area contributed by atoms with Crippen LogP contribution in [-0.2, 0) is 0 Å². The fourth-order valence-electron chi connectivity index (χ4n) is 1.42. The summed E-state index contributed by atoms with van der Waals surface area (Å²) < 4.78 is 13.5. The first kappa shape index (κ1) is 12.5. The van der Waals surface area contributed by atoms with Crippen molar-refractivity contribution in [1.82, 2.24) is 10.2 Å². The Labute approximate surface area is 109 Å². The first-order valence-electron chi connectivity index (χ1n) is 5.30. The van der Waals surface area contributed by atoms with Gasteiger partial charge in [-0.2, -0.15) is 10.4 Å². The molecule has 0 amide bonds. The highest BCUT2D eigenvalue weighted by atomic mass is 32.2. The van der Waals surface area contributed by atoms with E-state index in [4.69, 9.17) is 5.26 Å². The monoisotopic (exact) mass is 259 g/mol. The van der Waals surface area contributed by atoms with Gasteiger partial charge in [0, 0.05) is 4.90 Å². The molecular weight excluding hydrogens is 249 g/mol. The van der Waals surface area contributed by atoms with E-state index >= 15 is 0 Å². The van der Waals surface area contributed by atoms with E-state index in [-0.39, 0.29) is 5.82 Å². The normalized spacial score (nSPS) is 10.1. The number of benzene rings is 1. The summed E-state index contributed by atoms with van der Waals surface area (Å²) >= 11 is 1.12. The largest absolute Gasteiger partial charge is 0.206 e. The van der Waals surface area contributed by atoms with Gasteiger partial charge in [0.05, 0.1) is 11.3 Å². The number of hydrogen-bond donors (Lipinski definition) is 0. The van der Waals surface area contributed by atoms with E-state index in [1.165, 1.54) is 6.07 Å². The summed E-state index contributed by atoms with van der Waals surface area (Å²) in [5.74, 6) is -0.327. The van der Waals surface area contributed by atoms with Crippen LogP contribution in [0.3, 0.4) is 0 Å². The Kier molecular flexibility index (Phi) is 3.58. The van der Waals surface area contributed by atoms with E-state index in [9.17, 15) is 4.39 Å². The summed E-state index contributed by atoms with van der Waals surface area (Å²) in [6.45, 7) is 3.61. The van der Waals surface area contributed by atoms with Crippen molar-refractivity contribution in [1.29, 1.82) is 5.26 Å². The summed E-state index contributed by atoms with van der Waals surface area (Å²) in [6, 6.07) is 8.49. The van der Waals surface area contributed by atoms with Gasteiger partial charge in [-0.15, -0.1) is 5.10 Å². The molecule has 3 nitrogen and oxygen atoms in total. The molecule has 0 unspecified atom stereocenters. The molecule has 0 aliphatic heterocycles. The Balaban J connectivity index is 2.45. The van der Waals surface area contributed by atoms with Crippen LogP contribution in [0.4, 0.5) is 4.39 Å². The van der Waals surface area contributed by atoms with E-state index in [2.05, 4.69) is 16.3 Å². The van der Waals surface area contributed by atoms with Crippen molar-refractivity contribution in [2.24, 2.45) is 0 Å². The van der Waals surface area contributed by atoms with Crippen LogP contribution >= 0.6 is 11.8 Å². The fraction of sp³-hybridized carbons (Fsp3) is 0.154. The van der Waals surface area contributed by atoms with Gasteiger partial charge >= 0.3 is 0 Å². The Morgan fingerprint density at radius 2 is 1.94 bits per heavy atom. The van der Waals surface area contributed by atoms with Gasteiger partial charge in [0.25, 0.3) is 0 Å². The van der Waals surface area contributed by atoms with E-state index in [1.54, 1.807) is 25.1 Å². The highest BCUT2D eigenvalue weighted by Gasteiger charge is 2.13. The Hall–Kier alpha value is -1.93. The van der Waals surface area contributed by atoms with Gasteiger partial charge in [-0.05, 0) is 31.5 Å². The summed E-state index contributed by atoms with van der Waals surface area (Å²) in [4.78, 5) is 0.437. The maximum Gasteiger partial charge on any atom is 0.142 e. The number of aromatic nitrogens is 2. The third kappa shape index (κ3) is 2.34. The molecule has 2 aromatic rings. The second kappa shape index (κ2) is 5.15. The van der Waals surface area contributed by atoms with E-state index in [1.807, 2.05) is 6.92 Å². The first-order chi connectivity index (χ1) is 8.63. The van der Waals surface area contributed by atoms with Crippen molar-refractivity contribution in [3.63, 3.8) is 0 Å². The van der Waals surface area contributed by atoms with Gasteiger partial charge in [-0.25, -0.2) is 4.39 Å². The molecule has 0 N–H and O–H groups in total. The predicted octanol–water partition coefficient (Wildman–Crippen LogP) is 3.26. The molecule has 0 radical (unpaired) electrons. The topological polar surface area (TPSA) is 49.6 Å². The molecule has 0 aliphatic carbocycles. The minimum atomic E-state index is -0.327. The van der Waals surface area contributed by atoms with Gasteiger partial charge in [0.15, 0.2) is 0 Å². The Bertz CT molecular complexity index is 635. The predicted molar refractivity (Wildman–Crippen MR) is 66.7 cm³/mol. The maximum atomic E-state index is 13.5. The van der Waals surface area contributed by atoms with Crippen LogP contribution in [0.2, 0.25) is 0 Å². The lowest BCUT2D eigenvalue weighted by Gasteiger charge is -2.06. The quantitative estimate of drug-likeness (QED) is 0.830. The highest BCUT2D eigenvalue weighted by Crippen LogP contribution is 2.31. The lowest BCUT2D eigenvalue weighted by molar-refractivity contribution is 0.602. The third-order valence-electron chi connectivity index (χ3n) is 2.58. The van der Waals surface area contributed by atoms with Crippen molar-refractivity contribution in [2.45, 2.75) is 23.8 Å². The number of aryl methyl sites for hydroxylation is 1. The van der Waals surface area contributed by atoms with Crippen LogP contribution in [0.1, 0.15) is 16.8 Å². The molecule has 1 heterocycles. The summed E-state index contributed by atoms with van der Waals surface area (Å²) in [7, 11) is 0. The smallest absolute Gasteiger partial charge is 0.142 e.